The Morgan fingerprint density at radius 1 is 1.00 bits per heavy atom. The first kappa shape index (κ1) is 23.6. The molecule has 3 aromatic rings. The third-order valence-electron chi connectivity index (χ3n) is 5.12. The second-order valence-corrected chi connectivity index (χ2v) is 8.11. The van der Waals surface area contributed by atoms with Gasteiger partial charge < -0.3 is 19.5 Å². The summed E-state index contributed by atoms with van der Waals surface area (Å²) in [6, 6.07) is 20.2. The first-order chi connectivity index (χ1) is 16.5. The van der Waals surface area contributed by atoms with Gasteiger partial charge in [-0.3, -0.25) is 4.79 Å². The quantitative estimate of drug-likeness (QED) is 0.325. The summed E-state index contributed by atoms with van der Waals surface area (Å²) in [7, 11) is 1.60. The van der Waals surface area contributed by atoms with Gasteiger partial charge in [0.25, 0.3) is 5.91 Å². The molecule has 6 nitrogen and oxygen atoms in total. The van der Waals surface area contributed by atoms with E-state index in [4.69, 9.17) is 38.0 Å². The molecule has 0 radical (unpaired) electrons. The van der Waals surface area contributed by atoms with E-state index in [1.807, 2.05) is 55.5 Å². The summed E-state index contributed by atoms with van der Waals surface area (Å²) in [5.74, 6) is 1.58. The van der Waals surface area contributed by atoms with E-state index >= 15 is 0 Å². The lowest BCUT2D eigenvalue weighted by molar-refractivity contribution is -0.113. The van der Waals surface area contributed by atoms with Crippen molar-refractivity contribution < 1.29 is 19.0 Å². The van der Waals surface area contributed by atoms with E-state index in [1.165, 1.54) is 4.90 Å². The molecule has 8 heteroatoms. The Labute approximate surface area is 208 Å². The number of amides is 1. The second-order valence-electron chi connectivity index (χ2n) is 7.32. The Morgan fingerprint density at radius 3 is 2.47 bits per heavy atom. The first-order valence-corrected chi connectivity index (χ1v) is 11.4. The number of hydrogen-bond donors (Lipinski definition) is 1. The van der Waals surface area contributed by atoms with E-state index in [0.717, 1.165) is 11.1 Å². The van der Waals surface area contributed by atoms with Crippen molar-refractivity contribution in [2.45, 2.75) is 13.5 Å². The minimum Gasteiger partial charge on any atom is -0.496 e. The molecule has 1 aliphatic heterocycles. The van der Waals surface area contributed by atoms with Crippen molar-refractivity contribution >= 4 is 46.6 Å². The number of methoxy groups -OCH3 is 1. The highest BCUT2D eigenvalue weighted by molar-refractivity contribution is 7.80. The average molecular weight is 495 g/mol. The van der Waals surface area contributed by atoms with Crippen molar-refractivity contribution in [1.29, 1.82) is 0 Å². The van der Waals surface area contributed by atoms with Gasteiger partial charge in [-0.05, 0) is 67.2 Å². The number of anilines is 1. The summed E-state index contributed by atoms with van der Waals surface area (Å²) < 4.78 is 17.0. The maximum Gasteiger partial charge on any atom is 0.281 e. The molecule has 1 heterocycles. The Hall–Kier alpha value is -3.55. The van der Waals surface area contributed by atoms with Gasteiger partial charge in [-0.2, -0.15) is 0 Å². The maximum absolute atomic E-state index is 13.2. The van der Waals surface area contributed by atoms with E-state index < -0.39 is 0 Å². The number of benzene rings is 3. The fraction of sp³-hybridized carbons (Fsp3) is 0.154. The zero-order valence-electron chi connectivity index (χ0n) is 18.7. The van der Waals surface area contributed by atoms with Crippen molar-refractivity contribution in [2.24, 2.45) is 0 Å². The van der Waals surface area contributed by atoms with Crippen LogP contribution in [0.15, 0.2) is 72.4 Å². The summed E-state index contributed by atoms with van der Waals surface area (Å²) in [5.41, 5.74) is 2.55. The van der Waals surface area contributed by atoms with Gasteiger partial charge in [0.1, 0.15) is 29.6 Å². The zero-order chi connectivity index (χ0) is 24.1. The van der Waals surface area contributed by atoms with Crippen LogP contribution in [0.5, 0.6) is 17.2 Å². The molecular weight excluding hydrogens is 472 g/mol. The van der Waals surface area contributed by atoms with Crippen LogP contribution in [0.25, 0.3) is 6.08 Å². The molecule has 3 aromatic carbocycles. The standard InChI is InChI=1S/C26H23ClN2O4S/c1-3-32-24-11-7-5-9-21(24)29-25(30)20(28-26(29)34)15-17-12-13-22(31-2)18(14-17)16-33-23-10-6-4-8-19(23)27/h4-15H,3,16H2,1-2H3,(H,28,34)/b20-15+. The molecule has 0 saturated carbocycles. The Kier molecular flexibility index (Phi) is 7.35. The third kappa shape index (κ3) is 5.00. The molecule has 1 aliphatic rings. The van der Waals surface area contributed by atoms with Crippen LogP contribution >= 0.6 is 23.8 Å². The lowest BCUT2D eigenvalue weighted by atomic mass is 10.1. The monoisotopic (exact) mass is 494 g/mol. The van der Waals surface area contributed by atoms with Gasteiger partial charge in [0.05, 0.1) is 24.4 Å². The highest BCUT2D eigenvalue weighted by Crippen LogP contribution is 2.32. The first-order valence-electron chi connectivity index (χ1n) is 10.6. The number of rotatable bonds is 8. The van der Waals surface area contributed by atoms with Crippen LogP contribution in [0.4, 0.5) is 5.69 Å². The maximum atomic E-state index is 13.2. The van der Waals surface area contributed by atoms with Crippen LogP contribution in [0.3, 0.4) is 0 Å². The summed E-state index contributed by atoms with van der Waals surface area (Å²) in [4.78, 5) is 14.7. The molecule has 0 spiro atoms. The summed E-state index contributed by atoms with van der Waals surface area (Å²) in [6.45, 7) is 2.62. The van der Waals surface area contributed by atoms with E-state index in [9.17, 15) is 4.79 Å². The molecule has 0 atom stereocenters. The molecule has 1 fully saturated rings. The molecular formula is C26H23ClN2O4S. The molecule has 0 aliphatic carbocycles. The Balaban J connectivity index is 1.59. The van der Waals surface area contributed by atoms with Crippen molar-refractivity contribution in [1.82, 2.24) is 5.32 Å². The fourth-order valence-electron chi connectivity index (χ4n) is 3.56. The van der Waals surface area contributed by atoms with Crippen LogP contribution in [0, 0.1) is 0 Å². The molecule has 1 amide bonds. The van der Waals surface area contributed by atoms with Gasteiger partial charge in [0.2, 0.25) is 0 Å². The zero-order valence-corrected chi connectivity index (χ0v) is 20.3. The molecule has 34 heavy (non-hydrogen) atoms. The van der Waals surface area contributed by atoms with Crippen LogP contribution in [0.2, 0.25) is 5.02 Å². The lowest BCUT2D eigenvalue weighted by Gasteiger charge is -2.18. The third-order valence-corrected chi connectivity index (χ3v) is 5.72. The van der Waals surface area contributed by atoms with Gasteiger partial charge in [0.15, 0.2) is 5.11 Å². The number of ether oxygens (including phenoxy) is 3. The van der Waals surface area contributed by atoms with Crippen LogP contribution < -0.4 is 24.4 Å². The van der Waals surface area contributed by atoms with E-state index in [-0.39, 0.29) is 12.5 Å². The topological polar surface area (TPSA) is 60.0 Å². The number of hydrogen-bond acceptors (Lipinski definition) is 5. The number of carbonyl (C=O) groups excluding carboxylic acids is 1. The average Bonchev–Trinajstić information content (AvgIpc) is 3.11. The van der Waals surface area contributed by atoms with Gasteiger partial charge in [-0.1, -0.05) is 41.9 Å². The van der Waals surface area contributed by atoms with Crippen molar-refractivity contribution in [2.75, 3.05) is 18.6 Å². The van der Waals surface area contributed by atoms with Gasteiger partial charge >= 0.3 is 0 Å². The van der Waals surface area contributed by atoms with Crippen LogP contribution in [-0.2, 0) is 11.4 Å². The van der Waals surface area contributed by atoms with E-state index in [1.54, 1.807) is 31.4 Å². The van der Waals surface area contributed by atoms with Gasteiger partial charge in [-0.25, -0.2) is 4.90 Å². The highest BCUT2D eigenvalue weighted by Gasteiger charge is 2.33. The number of nitrogens with one attached hydrogen (secondary N) is 1. The van der Waals surface area contributed by atoms with Gasteiger partial charge in [-0.15, -0.1) is 0 Å². The lowest BCUT2D eigenvalue weighted by Crippen LogP contribution is -2.30. The molecule has 0 unspecified atom stereocenters. The molecule has 4 rings (SSSR count). The highest BCUT2D eigenvalue weighted by atomic mass is 35.5. The minimum atomic E-state index is -0.262. The molecule has 1 N–H and O–H groups in total. The number of para-hydroxylation sites is 3. The fourth-order valence-corrected chi connectivity index (χ4v) is 4.04. The van der Waals surface area contributed by atoms with Crippen molar-refractivity contribution in [3.8, 4) is 17.2 Å². The Bertz CT molecular complexity index is 1260. The second kappa shape index (κ2) is 10.6. The predicted octanol–water partition coefficient (Wildman–Crippen LogP) is 5.59. The van der Waals surface area contributed by atoms with Gasteiger partial charge in [0, 0.05) is 5.56 Å². The number of thiocarbonyl (C=S) groups is 1. The SMILES string of the molecule is CCOc1ccccc1N1C(=O)/C(=C\c2ccc(OC)c(COc3ccccc3Cl)c2)NC1=S. The smallest absolute Gasteiger partial charge is 0.281 e. The van der Waals surface area contributed by atoms with Crippen LogP contribution in [-0.4, -0.2) is 24.7 Å². The number of halogens is 1. The largest absolute Gasteiger partial charge is 0.496 e. The summed E-state index contributed by atoms with van der Waals surface area (Å²) in [5, 5.41) is 3.84. The summed E-state index contributed by atoms with van der Waals surface area (Å²) >= 11 is 11.7. The number of nitrogens with zero attached hydrogens (tertiary/aromatic N) is 1. The van der Waals surface area contributed by atoms with E-state index in [0.29, 0.717) is 45.4 Å². The minimum absolute atomic E-state index is 0.248. The van der Waals surface area contributed by atoms with Crippen molar-refractivity contribution in [3.05, 3.63) is 88.6 Å². The van der Waals surface area contributed by atoms with E-state index in [2.05, 4.69) is 5.32 Å². The normalized spacial score (nSPS) is 14.3. The summed E-state index contributed by atoms with van der Waals surface area (Å²) in [6.07, 6.45) is 1.75. The molecule has 0 bridgehead atoms. The number of carbonyl (C=O) groups is 1. The Morgan fingerprint density at radius 2 is 1.74 bits per heavy atom. The molecule has 174 valence electrons. The molecule has 1 saturated heterocycles. The van der Waals surface area contributed by atoms with Crippen molar-refractivity contribution in [3.63, 3.8) is 0 Å². The molecule has 0 aromatic heterocycles. The predicted molar refractivity (Wildman–Crippen MR) is 138 cm³/mol. The van der Waals surface area contributed by atoms with Crippen LogP contribution in [0.1, 0.15) is 18.1 Å².